The van der Waals surface area contributed by atoms with Gasteiger partial charge in [0.15, 0.2) is 16.6 Å². The zero-order chi connectivity index (χ0) is 19.9. The van der Waals surface area contributed by atoms with Gasteiger partial charge in [-0.05, 0) is 25.2 Å². The number of carbonyl (C=O) groups is 1. The van der Waals surface area contributed by atoms with Gasteiger partial charge in [-0.1, -0.05) is 53.5 Å². The van der Waals surface area contributed by atoms with E-state index in [2.05, 4.69) is 5.32 Å². The molecule has 3 rings (SSSR count). The number of hydrogen-bond acceptors (Lipinski definition) is 4. The van der Waals surface area contributed by atoms with Crippen molar-refractivity contribution in [2.24, 2.45) is 0 Å². The predicted molar refractivity (Wildman–Crippen MR) is 110 cm³/mol. The Balaban J connectivity index is 2.22. The molecule has 1 atom stereocenters. The van der Waals surface area contributed by atoms with Gasteiger partial charge in [0.1, 0.15) is 10.8 Å². The van der Waals surface area contributed by atoms with Gasteiger partial charge in [-0.2, -0.15) is 0 Å². The van der Waals surface area contributed by atoms with Crippen molar-refractivity contribution in [3.63, 3.8) is 0 Å². The minimum atomic E-state index is -0.781. The standard InChI is InChI=1S/C19H16Cl2N2O3S/c1-9-13(16(24)10-6-4-3-5-7-10)15(22-19(27)23(9)2)11-8-12(20)18(26)14(21)17(11)25/h3-8,15,25-26H,1-2H3,(H,22,27). The van der Waals surface area contributed by atoms with Crippen LogP contribution in [0.25, 0.3) is 0 Å². The maximum atomic E-state index is 13.2. The van der Waals surface area contributed by atoms with E-state index in [1.54, 1.807) is 43.1 Å². The number of phenolic OH excluding ortho intramolecular Hbond substituents is 2. The van der Waals surface area contributed by atoms with Crippen molar-refractivity contribution < 1.29 is 15.0 Å². The summed E-state index contributed by atoms with van der Waals surface area (Å²) < 4.78 is 0. The number of thiocarbonyl (C=S) groups is 1. The average molecular weight is 423 g/mol. The summed E-state index contributed by atoms with van der Waals surface area (Å²) in [7, 11) is 1.75. The van der Waals surface area contributed by atoms with Crippen molar-refractivity contribution in [1.82, 2.24) is 10.2 Å². The number of aromatic hydroxyl groups is 2. The van der Waals surface area contributed by atoms with Crippen LogP contribution in [0.1, 0.15) is 28.9 Å². The Morgan fingerprint density at radius 3 is 2.44 bits per heavy atom. The number of halogens is 2. The highest BCUT2D eigenvalue weighted by Crippen LogP contribution is 2.45. The molecule has 0 radical (unpaired) electrons. The van der Waals surface area contributed by atoms with Gasteiger partial charge in [0.25, 0.3) is 0 Å². The van der Waals surface area contributed by atoms with Gasteiger partial charge in [0.05, 0.1) is 11.1 Å². The van der Waals surface area contributed by atoms with Crippen LogP contribution in [0.15, 0.2) is 47.7 Å². The quantitative estimate of drug-likeness (QED) is 0.502. The number of Topliss-reactive ketones (excluding diaryl/α,β-unsaturated/α-hetero) is 1. The molecule has 0 fully saturated rings. The van der Waals surface area contributed by atoms with Crippen LogP contribution in [-0.4, -0.2) is 33.1 Å². The lowest BCUT2D eigenvalue weighted by molar-refractivity contribution is 0.102. The Hall–Kier alpha value is -2.28. The number of allylic oxidation sites excluding steroid dienone is 1. The van der Waals surface area contributed by atoms with Crippen LogP contribution < -0.4 is 5.32 Å². The van der Waals surface area contributed by atoms with E-state index < -0.39 is 11.8 Å². The van der Waals surface area contributed by atoms with Crippen LogP contribution in [0.3, 0.4) is 0 Å². The van der Waals surface area contributed by atoms with Crippen molar-refractivity contribution in [3.8, 4) is 11.5 Å². The zero-order valence-corrected chi connectivity index (χ0v) is 16.8. The molecule has 0 aliphatic carbocycles. The number of hydrogen-bond donors (Lipinski definition) is 3. The first-order valence-electron chi connectivity index (χ1n) is 7.98. The molecular weight excluding hydrogens is 407 g/mol. The molecule has 1 aliphatic rings. The van der Waals surface area contributed by atoms with Gasteiger partial charge in [0.2, 0.25) is 0 Å². The first-order valence-corrected chi connectivity index (χ1v) is 9.15. The Bertz CT molecular complexity index is 977. The second-order valence-electron chi connectivity index (χ2n) is 6.09. The number of nitrogens with one attached hydrogen (secondary N) is 1. The summed E-state index contributed by atoms with van der Waals surface area (Å²) in [5.41, 5.74) is 1.77. The summed E-state index contributed by atoms with van der Waals surface area (Å²) >= 11 is 17.4. The molecule has 5 nitrogen and oxygen atoms in total. The van der Waals surface area contributed by atoms with Gasteiger partial charge in [-0.15, -0.1) is 0 Å². The summed E-state index contributed by atoms with van der Waals surface area (Å²) in [6, 6.07) is 9.38. The van der Waals surface area contributed by atoms with E-state index >= 15 is 0 Å². The maximum Gasteiger partial charge on any atom is 0.193 e. The molecule has 1 aliphatic heterocycles. The number of nitrogens with zero attached hydrogens (tertiary/aromatic N) is 1. The number of benzene rings is 2. The van der Waals surface area contributed by atoms with Crippen molar-refractivity contribution in [3.05, 3.63) is 68.8 Å². The van der Waals surface area contributed by atoms with Crippen LogP contribution in [0, 0.1) is 0 Å². The van der Waals surface area contributed by atoms with Gasteiger partial charge < -0.3 is 20.4 Å². The van der Waals surface area contributed by atoms with E-state index in [0.717, 1.165) is 0 Å². The molecule has 0 spiro atoms. The lowest BCUT2D eigenvalue weighted by atomic mass is 9.88. The summed E-state index contributed by atoms with van der Waals surface area (Å²) in [6.07, 6.45) is 0. The average Bonchev–Trinajstić information content (AvgIpc) is 2.67. The molecule has 2 aromatic carbocycles. The smallest absolute Gasteiger partial charge is 0.193 e. The number of carbonyl (C=O) groups excluding carboxylic acids is 1. The van der Waals surface area contributed by atoms with Crippen LogP contribution in [0.2, 0.25) is 10.0 Å². The highest BCUT2D eigenvalue weighted by atomic mass is 35.5. The topological polar surface area (TPSA) is 72.8 Å². The second-order valence-corrected chi connectivity index (χ2v) is 7.27. The van der Waals surface area contributed by atoms with Gasteiger partial charge in [0, 0.05) is 29.4 Å². The van der Waals surface area contributed by atoms with E-state index in [1.807, 2.05) is 6.07 Å². The molecule has 0 saturated carbocycles. The number of phenols is 2. The highest BCUT2D eigenvalue weighted by Gasteiger charge is 2.35. The molecule has 1 unspecified atom stereocenters. The van der Waals surface area contributed by atoms with E-state index in [4.69, 9.17) is 35.4 Å². The molecule has 0 aromatic heterocycles. The molecule has 2 aromatic rings. The van der Waals surface area contributed by atoms with Gasteiger partial charge >= 0.3 is 0 Å². The molecule has 140 valence electrons. The SMILES string of the molecule is CC1=C(C(=O)c2ccccc2)C(c2cc(Cl)c(O)c(Cl)c2O)NC(=S)N1C. The fourth-order valence-corrected chi connectivity index (χ4v) is 3.67. The molecule has 8 heteroatoms. The molecule has 27 heavy (non-hydrogen) atoms. The Labute approximate surface area is 171 Å². The van der Waals surface area contributed by atoms with Crippen molar-refractivity contribution >= 4 is 46.3 Å². The third kappa shape index (κ3) is 3.36. The van der Waals surface area contributed by atoms with Crippen LogP contribution in [0.5, 0.6) is 11.5 Å². The number of ketones is 1. The molecule has 3 N–H and O–H groups in total. The third-order valence-electron chi connectivity index (χ3n) is 4.54. The lowest BCUT2D eigenvalue weighted by Gasteiger charge is -2.36. The van der Waals surface area contributed by atoms with E-state index in [0.29, 0.717) is 21.9 Å². The monoisotopic (exact) mass is 422 g/mol. The zero-order valence-electron chi connectivity index (χ0n) is 14.5. The van der Waals surface area contributed by atoms with Crippen LogP contribution in [-0.2, 0) is 0 Å². The van der Waals surface area contributed by atoms with Gasteiger partial charge in [-0.3, -0.25) is 4.79 Å². The largest absolute Gasteiger partial charge is 0.506 e. The van der Waals surface area contributed by atoms with Crippen molar-refractivity contribution in [1.29, 1.82) is 0 Å². The van der Waals surface area contributed by atoms with E-state index in [9.17, 15) is 15.0 Å². The minimum absolute atomic E-state index is 0.0383. The predicted octanol–water partition coefficient (Wildman–Crippen LogP) is 4.42. The Kier molecular flexibility index (Phi) is 5.33. The van der Waals surface area contributed by atoms with E-state index in [1.165, 1.54) is 6.07 Å². The summed E-state index contributed by atoms with van der Waals surface area (Å²) in [5, 5.41) is 23.4. The van der Waals surface area contributed by atoms with Gasteiger partial charge in [-0.25, -0.2) is 0 Å². The molecule has 0 amide bonds. The second kappa shape index (κ2) is 7.38. The fourth-order valence-electron chi connectivity index (χ4n) is 2.95. The van der Waals surface area contributed by atoms with Crippen LogP contribution in [0.4, 0.5) is 0 Å². The Morgan fingerprint density at radius 2 is 1.81 bits per heavy atom. The normalized spacial score (nSPS) is 17.1. The molecular formula is C19H16Cl2N2O3S. The Morgan fingerprint density at radius 1 is 1.19 bits per heavy atom. The third-order valence-corrected chi connectivity index (χ3v) is 5.58. The van der Waals surface area contributed by atoms with Crippen molar-refractivity contribution in [2.45, 2.75) is 13.0 Å². The minimum Gasteiger partial charge on any atom is -0.506 e. The first-order chi connectivity index (χ1) is 12.7. The summed E-state index contributed by atoms with van der Waals surface area (Å²) in [6.45, 7) is 1.77. The maximum absolute atomic E-state index is 13.2. The summed E-state index contributed by atoms with van der Waals surface area (Å²) in [5.74, 6) is -1.01. The van der Waals surface area contributed by atoms with E-state index in [-0.39, 0.29) is 27.1 Å². The first kappa shape index (κ1) is 19.5. The highest BCUT2D eigenvalue weighted by molar-refractivity contribution is 7.80. The molecule has 0 bridgehead atoms. The summed E-state index contributed by atoms with van der Waals surface area (Å²) in [4.78, 5) is 14.9. The van der Waals surface area contributed by atoms with Crippen LogP contribution >= 0.6 is 35.4 Å². The van der Waals surface area contributed by atoms with Crippen molar-refractivity contribution in [2.75, 3.05) is 7.05 Å². The fraction of sp³-hybridized carbons (Fsp3) is 0.158. The molecule has 1 heterocycles. The molecule has 0 saturated heterocycles. The number of rotatable bonds is 3. The lowest BCUT2D eigenvalue weighted by Crippen LogP contribution is -2.45.